The van der Waals surface area contributed by atoms with E-state index in [0.29, 0.717) is 5.75 Å². The molecule has 11 heavy (non-hydrogen) atoms. The summed E-state index contributed by atoms with van der Waals surface area (Å²) in [6.07, 6.45) is 2.48. The third kappa shape index (κ3) is 3.75. The van der Waals surface area contributed by atoms with Crippen LogP contribution >= 0.6 is 0 Å². The third-order valence-electron chi connectivity index (χ3n) is 1.97. The fourth-order valence-corrected chi connectivity index (χ4v) is 2.40. The highest BCUT2D eigenvalue weighted by Crippen LogP contribution is 2.07. The highest BCUT2D eigenvalue weighted by Gasteiger charge is 2.17. The summed E-state index contributed by atoms with van der Waals surface area (Å²) in [5.41, 5.74) is 0. The standard InChI is InChI=1S/C8H18O2S/c1-4-6-7-11(9,10)8(3)5-2/h8H,4-7H2,1-3H3. The van der Waals surface area contributed by atoms with Gasteiger partial charge in [-0.1, -0.05) is 20.3 Å². The molecule has 0 aromatic heterocycles. The lowest BCUT2D eigenvalue weighted by atomic mass is 10.4. The van der Waals surface area contributed by atoms with Crippen molar-refractivity contribution in [2.45, 2.75) is 45.3 Å². The van der Waals surface area contributed by atoms with E-state index in [0.717, 1.165) is 19.3 Å². The first-order chi connectivity index (χ1) is 5.04. The summed E-state index contributed by atoms with van der Waals surface area (Å²) in [4.78, 5) is 0. The molecule has 0 saturated heterocycles. The fraction of sp³-hybridized carbons (Fsp3) is 1.00. The van der Waals surface area contributed by atoms with Crippen LogP contribution in [0.1, 0.15) is 40.0 Å². The minimum absolute atomic E-state index is 0.158. The molecule has 0 aliphatic heterocycles. The lowest BCUT2D eigenvalue weighted by Crippen LogP contribution is -2.19. The molecule has 0 rings (SSSR count). The van der Waals surface area contributed by atoms with Crippen LogP contribution in [-0.4, -0.2) is 19.4 Å². The number of rotatable bonds is 5. The molecule has 0 bridgehead atoms. The van der Waals surface area contributed by atoms with E-state index >= 15 is 0 Å². The average molecular weight is 178 g/mol. The molecule has 68 valence electrons. The van der Waals surface area contributed by atoms with Gasteiger partial charge in [0.25, 0.3) is 0 Å². The van der Waals surface area contributed by atoms with E-state index in [-0.39, 0.29) is 5.25 Å². The lowest BCUT2D eigenvalue weighted by molar-refractivity contribution is 0.577. The summed E-state index contributed by atoms with van der Waals surface area (Å²) in [6.45, 7) is 5.70. The predicted octanol–water partition coefficient (Wildman–Crippen LogP) is 2.00. The summed E-state index contributed by atoms with van der Waals surface area (Å²) in [7, 11) is -2.77. The Morgan fingerprint density at radius 1 is 1.27 bits per heavy atom. The van der Waals surface area contributed by atoms with Crippen LogP contribution in [0.4, 0.5) is 0 Å². The van der Waals surface area contributed by atoms with Crippen LogP contribution in [0.15, 0.2) is 0 Å². The van der Waals surface area contributed by atoms with Crippen molar-refractivity contribution in [3.63, 3.8) is 0 Å². The van der Waals surface area contributed by atoms with Gasteiger partial charge in [0, 0.05) is 0 Å². The Morgan fingerprint density at radius 3 is 2.18 bits per heavy atom. The first kappa shape index (κ1) is 11.0. The van der Waals surface area contributed by atoms with Gasteiger partial charge in [-0.05, 0) is 19.8 Å². The Morgan fingerprint density at radius 2 is 1.82 bits per heavy atom. The summed E-state index contributed by atoms with van der Waals surface area (Å²) in [6, 6.07) is 0. The van der Waals surface area contributed by atoms with E-state index in [1.807, 2.05) is 13.8 Å². The average Bonchev–Trinajstić information content (AvgIpc) is 1.99. The molecule has 0 aliphatic carbocycles. The Balaban J connectivity index is 4.01. The predicted molar refractivity (Wildman–Crippen MR) is 48.4 cm³/mol. The van der Waals surface area contributed by atoms with Gasteiger partial charge in [0.1, 0.15) is 0 Å². The molecule has 0 fully saturated rings. The van der Waals surface area contributed by atoms with E-state index in [2.05, 4.69) is 0 Å². The molecule has 0 saturated carbocycles. The van der Waals surface area contributed by atoms with Crippen molar-refractivity contribution >= 4 is 9.84 Å². The molecule has 2 nitrogen and oxygen atoms in total. The highest BCUT2D eigenvalue weighted by atomic mass is 32.2. The fourth-order valence-electron chi connectivity index (χ4n) is 0.801. The summed E-state index contributed by atoms with van der Waals surface area (Å²) in [5, 5.41) is -0.158. The van der Waals surface area contributed by atoms with E-state index in [9.17, 15) is 8.42 Å². The van der Waals surface area contributed by atoms with Gasteiger partial charge in [0.05, 0.1) is 11.0 Å². The highest BCUT2D eigenvalue weighted by molar-refractivity contribution is 7.91. The first-order valence-corrected chi connectivity index (χ1v) is 5.97. The Kier molecular flexibility index (Phi) is 4.73. The molecule has 1 atom stereocenters. The van der Waals surface area contributed by atoms with Crippen molar-refractivity contribution in [3.8, 4) is 0 Å². The second-order valence-electron chi connectivity index (χ2n) is 2.94. The van der Waals surface area contributed by atoms with Gasteiger partial charge in [0.15, 0.2) is 9.84 Å². The molecule has 0 heterocycles. The topological polar surface area (TPSA) is 34.1 Å². The number of unbranched alkanes of at least 4 members (excludes halogenated alkanes) is 1. The third-order valence-corrected chi connectivity index (χ3v) is 4.39. The van der Waals surface area contributed by atoms with Crippen LogP contribution in [-0.2, 0) is 9.84 Å². The Bertz CT molecular complexity index is 182. The Hall–Kier alpha value is -0.0500. The van der Waals surface area contributed by atoms with Gasteiger partial charge in [0.2, 0.25) is 0 Å². The summed E-state index contributed by atoms with van der Waals surface area (Å²) in [5.74, 6) is 0.360. The smallest absolute Gasteiger partial charge is 0.152 e. The van der Waals surface area contributed by atoms with E-state index in [4.69, 9.17) is 0 Å². The maximum absolute atomic E-state index is 11.3. The van der Waals surface area contributed by atoms with Gasteiger partial charge in [-0.2, -0.15) is 0 Å². The van der Waals surface area contributed by atoms with Crippen molar-refractivity contribution in [2.24, 2.45) is 0 Å². The van der Waals surface area contributed by atoms with E-state index in [1.54, 1.807) is 6.92 Å². The summed E-state index contributed by atoms with van der Waals surface area (Å²) >= 11 is 0. The van der Waals surface area contributed by atoms with Crippen LogP contribution in [0.2, 0.25) is 0 Å². The quantitative estimate of drug-likeness (QED) is 0.645. The van der Waals surface area contributed by atoms with Gasteiger partial charge in [-0.3, -0.25) is 0 Å². The lowest BCUT2D eigenvalue weighted by Gasteiger charge is -2.08. The molecule has 0 spiro atoms. The Labute approximate surface area is 69.9 Å². The van der Waals surface area contributed by atoms with Gasteiger partial charge in [-0.25, -0.2) is 8.42 Å². The molecular formula is C8H18O2S. The van der Waals surface area contributed by atoms with Crippen LogP contribution in [0, 0.1) is 0 Å². The molecule has 0 amide bonds. The molecule has 0 aliphatic rings. The van der Waals surface area contributed by atoms with Crippen LogP contribution < -0.4 is 0 Å². The normalized spacial score (nSPS) is 14.8. The minimum Gasteiger partial charge on any atom is -0.229 e. The van der Waals surface area contributed by atoms with E-state index in [1.165, 1.54) is 0 Å². The second kappa shape index (κ2) is 4.75. The first-order valence-electron chi connectivity index (χ1n) is 4.26. The SMILES string of the molecule is CCCCS(=O)(=O)C(C)CC. The summed E-state index contributed by atoms with van der Waals surface area (Å²) < 4.78 is 22.6. The van der Waals surface area contributed by atoms with Crippen LogP contribution in [0.25, 0.3) is 0 Å². The molecule has 0 N–H and O–H groups in total. The maximum atomic E-state index is 11.3. The van der Waals surface area contributed by atoms with Crippen molar-refractivity contribution in [1.29, 1.82) is 0 Å². The molecule has 0 aromatic rings. The zero-order chi connectivity index (χ0) is 8.91. The number of sulfone groups is 1. The van der Waals surface area contributed by atoms with Crippen molar-refractivity contribution in [1.82, 2.24) is 0 Å². The zero-order valence-corrected chi connectivity index (χ0v) is 8.45. The largest absolute Gasteiger partial charge is 0.229 e. The maximum Gasteiger partial charge on any atom is 0.152 e. The van der Waals surface area contributed by atoms with Crippen molar-refractivity contribution in [3.05, 3.63) is 0 Å². The molecule has 3 heteroatoms. The van der Waals surface area contributed by atoms with E-state index < -0.39 is 9.84 Å². The zero-order valence-electron chi connectivity index (χ0n) is 7.63. The van der Waals surface area contributed by atoms with Gasteiger partial charge >= 0.3 is 0 Å². The van der Waals surface area contributed by atoms with Crippen molar-refractivity contribution in [2.75, 3.05) is 5.75 Å². The molecular weight excluding hydrogens is 160 g/mol. The molecule has 1 unspecified atom stereocenters. The number of hydrogen-bond donors (Lipinski definition) is 0. The van der Waals surface area contributed by atoms with Crippen molar-refractivity contribution < 1.29 is 8.42 Å². The monoisotopic (exact) mass is 178 g/mol. The minimum atomic E-state index is -2.77. The second-order valence-corrected chi connectivity index (χ2v) is 5.48. The van der Waals surface area contributed by atoms with Crippen LogP contribution in [0.3, 0.4) is 0 Å². The van der Waals surface area contributed by atoms with Gasteiger partial charge < -0.3 is 0 Å². The van der Waals surface area contributed by atoms with Gasteiger partial charge in [-0.15, -0.1) is 0 Å². The molecule has 0 aromatic carbocycles. The number of hydrogen-bond acceptors (Lipinski definition) is 2. The van der Waals surface area contributed by atoms with Crippen LogP contribution in [0.5, 0.6) is 0 Å². The molecule has 0 radical (unpaired) electrons.